The van der Waals surface area contributed by atoms with E-state index in [4.69, 9.17) is 0 Å². The Hall–Kier alpha value is -1.66. The van der Waals surface area contributed by atoms with Crippen LogP contribution in [0.1, 0.15) is 24.5 Å². The third-order valence-corrected chi connectivity index (χ3v) is 3.71. The Labute approximate surface area is 122 Å². The second kappa shape index (κ2) is 7.21. The maximum atomic E-state index is 11.2. The largest absolute Gasteiger partial charge is 0.313 e. The molecule has 0 saturated carbocycles. The van der Waals surface area contributed by atoms with Crippen LogP contribution in [0, 0.1) is 6.92 Å². The highest BCUT2D eigenvalue weighted by Gasteiger charge is 2.06. The van der Waals surface area contributed by atoms with Crippen molar-refractivity contribution in [3.8, 4) is 0 Å². The van der Waals surface area contributed by atoms with E-state index < -0.39 is 0 Å². The second-order valence-corrected chi connectivity index (χ2v) is 5.46. The van der Waals surface area contributed by atoms with Crippen LogP contribution in [0.2, 0.25) is 0 Å². The van der Waals surface area contributed by atoms with Gasteiger partial charge in [-0.15, -0.1) is 0 Å². The molecule has 0 atom stereocenters. The Morgan fingerprint density at radius 2 is 2.25 bits per heavy atom. The number of nitrogens with zero attached hydrogens (tertiary/aromatic N) is 2. The van der Waals surface area contributed by atoms with Crippen LogP contribution in [-0.2, 0) is 6.54 Å². The number of nitrogens with one attached hydrogen (secondary N) is 2. The smallest absolute Gasteiger partial charge is 0.251 e. The number of rotatable bonds is 6. The molecule has 5 nitrogen and oxygen atoms in total. The molecule has 2 heterocycles. The van der Waals surface area contributed by atoms with Crippen molar-refractivity contribution in [1.29, 1.82) is 0 Å². The van der Waals surface area contributed by atoms with Gasteiger partial charge < -0.3 is 10.3 Å². The van der Waals surface area contributed by atoms with E-state index in [0.29, 0.717) is 5.16 Å². The molecule has 106 valence electrons. The molecule has 0 unspecified atom stereocenters. The van der Waals surface area contributed by atoms with Crippen LogP contribution in [-0.4, -0.2) is 21.5 Å². The molecule has 0 radical (unpaired) electrons. The van der Waals surface area contributed by atoms with E-state index in [0.717, 1.165) is 35.7 Å². The minimum atomic E-state index is -0.152. The molecular weight excluding hydrogens is 272 g/mol. The summed E-state index contributed by atoms with van der Waals surface area (Å²) >= 11 is 1.37. The molecule has 0 aliphatic heterocycles. The first kappa shape index (κ1) is 14.7. The number of pyridine rings is 1. The molecular formula is C14H18N4OS. The van der Waals surface area contributed by atoms with Gasteiger partial charge in [0.15, 0.2) is 5.16 Å². The summed E-state index contributed by atoms with van der Waals surface area (Å²) in [7, 11) is 0. The molecule has 0 spiro atoms. The van der Waals surface area contributed by atoms with Crippen molar-refractivity contribution in [3.63, 3.8) is 0 Å². The number of hydrogen-bond donors (Lipinski definition) is 2. The zero-order valence-electron chi connectivity index (χ0n) is 11.6. The summed E-state index contributed by atoms with van der Waals surface area (Å²) in [5.41, 5.74) is 2.09. The first-order valence-corrected chi connectivity index (χ1v) is 7.40. The van der Waals surface area contributed by atoms with Gasteiger partial charge in [0.2, 0.25) is 0 Å². The molecule has 0 aliphatic carbocycles. The average molecular weight is 290 g/mol. The van der Waals surface area contributed by atoms with Gasteiger partial charge in [0.05, 0.1) is 0 Å². The monoisotopic (exact) mass is 290 g/mol. The van der Waals surface area contributed by atoms with E-state index in [1.807, 2.05) is 13.1 Å². The lowest BCUT2D eigenvalue weighted by Gasteiger charge is -2.07. The van der Waals surface area contributed by atoms with Crippen molar-refractivity contribution >= 4 is 11.8 Å². The van der Waals surface area contributed by atoms with E-state index in [1.165, 1.54) is 24.0 Å². The Balaban J connectivity index is 2.07. The van der Waals surface area contributed by atoms with Crippen molar-refractivity contribution < 1.29 is 0 Å². The van der Waals surface area contributed by atoms with Gasteiger partial charge in [-0.25, -0.2) is 9.97 Å². The Bertz CT molecular complexity index is 627. The van der Waals surface area contributed by atoms with E-state index in [2.05, 4.69) is 33.3 Å². The topological polar surface area (TPSA) is 70.7 Å². The second-order valence-electron chi connectivity index (χ2n) is 4.48. The van der Waals surface area contributed by atoms with Crippen molar-refractivity contribution in [2.75, 3.05) is 6.54 Å². The van der Waals surface area contributed by atoms with Crippen LogP contribution in [0.4, 0.5) is 0 Å². The molecule has 2 rings (SSSR count). The summed E-state index contributed by atoms with van der Waals surface area (Å²) in [5, 5.41) is 4.77. The number of hydrogen-bond acceptors (Lipinski definition) is 5. The quantitative estimate of drug-likeness (QED) is 0.630. The Morgan fingerprint density at radius 1 is 1.40 bits per heavy atom. The summed E-state index contributed by atoms with van der Waals surface area (Å²) in [6.45, 7) is 5.99. The fourth-order valence-electron chi connectivity index (χ4n) is 1.73. The van der Waals surface area contributed by atoms with Crippen molar-refractivity contribution in [2.45, 2.75) is 37.0 Å². The van der Waals surface area contributed by atoms with Gasteiger partial charge in [0, 0.05) is 25.0 Å². The van der Waals surface area contributed by atoms with Crippen LogP contribution in [0.5, 0.6) is 0 Å². The standard InChI is InChI=1S/C14H18N4OS/c1-3-5-15-8-11-7-10(2)13(17-9-11)20-14-16-6-4-12(19)18-14/h4,6-7,9,15H,3,5,8H2,1-2H3,(H,16,18,19). The molecule has 20 heavy (non-hydrogen) atoms. The minimum absolute atomic E-state index is 0.152. The van der Waals surface area contributed by atoms with Crippen molar-refractivity contribution in [3.05, 3.63) is 46.0 Å². The van der Waals surface area contributed by atoms with Crippen molar-refractivity contribution in [1.82, 2.24) is 20.3 Å². The number of aryl methyl sites for hydroxylation is 1. The summed E-state index contributed by atoms with van der Waals surface area (Å²) < 4.78 is 0. The molecule has 2 N–H and O–H groups in total. The molecule has 2 aromatic heterocycles. The lowest BCUT2D eigenvalue weighted by molar-refractivity contribution is 0.672. The van der Waals surface area contributed by atoms with Crippen LogP contribution in [0.15, 0.2) is 39.5 Å². The molecule has 0 fully saturated rings. The first-order valence-electron chi connectivity index (χ1n) is 6.58. The van der Waals surface area contributed by atoms with Gasteiger partial charge in [-0.2, -0.15) is 0 Å². The SMILES string of the molecule is CCCNCc1cnc(Sc2nccc(=O)[nH]2)c(C)c1. The number of aromatic amines is 1. The zero-order chi connectivity index (χ0) is 14.4. The molecule has 2 aromatic rings. The van der Waals surface area contributed by atoms with Crippen LogP contribution in [0.25, 0.3) is 0 Å². The van der Waals surface area contributed by atoms with E-state index in [-0.39, 0.29) is 5.56 Å². The van der Waals surface area contributed by atoms with E-state index in [1.54, 1.807) is 0 Å². The lowest BCUT2D eigenvalue weighted by atomic mass is 10.2. The van der Waals surface area contributed by atoms with Gasteiger partial charge >= 0.3 is 0 Å². The fourth-order valence-corrected chi connectivity index (χ4v) is 2.50. The maximum absolute atomic E-state index is 11.2. The molecule has 0 saturated heterocycles. The Morgan fingerprint density at radius 3 is 2.95 bits per heavy atom. The van der Waals surface area contributed by atoms with E-state index >= 15 is 0 Å². The fraction of sp³-hybridized carbons (Fsp3) is 0.357. The van der Waals surface area contributed by atoms with Crippen LogP contribution in [0.3, 0.4) is 0 Å². The number of H-pyrrole nitrogens is 1. The molecule has 0 bridgehead atoms. The lowest BCUT2D eigenvalue weighted by Crippen LogP contribution is -2.14. The molecule has 0 amide bonds. The normalized spacial score (nSPS) is 10.7. The van der Waals surface area contributed by atoms with Gasteiger partial charge in [0.25, 0.3) is 5.56 Å². The highest BCUT2D eigenvalue weighted by molar-refractivity contribution is 7.99. The van der Waals surface area contributed by atoms with Crippen molar-refractivity contribution in [2.24, 2.45) is 0 Å². The predicted molar refractivity (Wildman–Crippen MR) is 80.0 cm³/mol. The maximum Gasteiger partial charge on any atom is 0.251 e. The molecule has 0 aromatic carbocycles. The molecule has 0 aliphatic rings. The highest BCUT2D eigenvalue weighted by atomic mass is 32.2. The van der Waals surface area contributed by atoms with Crippen LogP contribution >= 0.6 is 11.8 Å². The summed E-state index contributed by atoms with van der Waals surface area (Å²) in [4.78, 5) is 22.5. The van der Waals surface area contributed by atoms with E-state index in [9.17, 15) is 4.79 Å². The average Bonchev–Trinajstić information content (AvgIpc) is 2.42. The third-order valence-electron chi connectivity index (χ3n) is 2.68. The van der Waals surface area contributed by atoms with Gasteiger partial charge in [0.1, 0.15) is 5.03 Å². The third kappa shape index (κ3) is 4.18. The first-order chi connectivity index (χ1) is 9.69. The zero-order valence-corrected chi connectivity index (χ0v) is 12.5. The minimum Gasteiger partial charge on any atom is -0.313 e. The summed E-state index contributed by atoms with van der Waals surface area (Å²) in [6.07, 6.45) is 4.48. The van der Waals surface area contributed by atoms with Crippen LogP contribution < -0.4 is 10.9 Å². The summed E-state index contributed by atoms with van der Waals surface area (Å²) in [6, 6.07) is 3.51. The molecule has 6 heteroatoms. The Kier molecular flexibility index (Phi) is 5.31. The summed E-state index contributed by atoms with van der Waals surface area (Å²) in [5.74, 6) is 0. The van der Waals surface area contributed by atoms with Gasteiger partial charge in [-0.05, 0) is 42.8 Å². The van der Waals surface area contributed by atoms with Gasteiger partial charge in [-0.1, -0.05) is 13.0 Å². The number of aromatic nitrogens is 3. The van der Waals surface area contributed by atoms with Gasteiger partial charge in [-0.3, -0.25) is 4.79 Å². The highest BCUT2D eigenvalue weighted by Crippen LogP contribution is 2.25. The predicted octanol–water partition coefficient (Wildman–Crippen LogP) is 2.12.